The van der Waals surface area contributed by atoms with Crippen LogP contribution < -0.4 is 15.4 Å². The van der Waals surface area contributed by atoms with Crippen LogP contribution in [0.25, 0.3) is 0 Å². The molecule has 0 spiro atoms. The first-order chi connectivity index (χ1) is 19.1. The average Bonchev–Trinajstić information content (AvgIpc) is 3.41. The molecule has 3 atom stereocenters. The lowest BCUT2D eigenvalue weighted by molar-refractivity contribution is -0.144. The minimum atomic E-state index is -1.43. The predicted octanol–water partition coefficient (Wildman–Crippen LogP) is 4.34. The van der Waals surface area contributed by atoms with Crippen LogP contribution in [0.15, 0.2) is 60.7 Å². The molecule has 0 bridgehead atoms. The largest absolute Gasteiger partial charge is 0.489 e. The van der Waals surface area contributed by atoms with Crippen molar-refractivity contribution in [2.24, 2.45) is 0 Å². The second kappa shape index (κ2) is 13.1. The van der Waals surface area contributed by atoms with Crippen molar-refractivity contribution in [1.29, 1.82) is 0 Å². The highest BCUT2D eigenvalue weighted by molar-refractivity contribution is 6.39. The van der Waals surface area contributed by atoms with Crippen LogP contribution in [0.5, 0.6) is 5.75 Å². The van der Waals surface area contributed by atoms with Crippen LogP contribution in [0.2, 0.25) is 10.0 Å². The molecule has 13 heteroatoms. The molecule has 210 valence electrons. The number of rotatable bonds is 10. The maximum atomic E-state index is 13.8. The minimum absolute atomic E-state index is 0.122. The standard InChI is InChI=1S/C27H22Cl2F2N2O7/c28-17-3-1-4-18(29)22(17)33-26(35)24-23(39-13-40-24)25(34)32-21(27(36)37)11-14-7-9-15(10-8-14)38-12-16-19(30)5-2-6-20(16)31/h1-10,21,23-24H,11-13H2,(H,32,34)(H,33,35)(H,36,37). The molecule has 1 aliphatic heterocycles. The summed E-state index contributed by atoms with van der Waals surface area (Å²) in [6.07, 6.45) is -2.95. The number of carbonyl (C=O) groups excluding carboxylic acids is 2. The maximum absolute atomic E-state index is 13.8. The molecule has 0 radical (unpaired) electrons. The van der Waals surface area contributed by atoms with E-state index in [1.807, 2.05) is 0 Å². The quantitative estimate of drug-likeness (QED) is 0.319. The van der Waals surface area contributed by atoms with Crippen LogP contribution >= 0.6 is 23.2 Å². The highest BCUT2D eigenvalue weighted by Gasteiger charge is 2.42. The summed E-state index contributed by atoms with van der Waals surface area (Å²) in [5.41, 5.74) is 0.420. The van der Waals surface area contributed by atoms with E-state index in [0.29, 0.717) is 11.3 Å². The predicted molar refractivity (Wildman–Crippen MR) is 140 cm³/mol. The number of halogens is 4. The number of hydrogen-bond donors (Lipinski definition) is 3. The van der Waals surface area contributed by atoms with E-state index >= 15 is 0 Å². The van der Waals surface area contributed by atoms with Crippen molar-refractivity contribution >= 4 is 46.7 Å². The summed E-state index contributed by atoms with van der Waals surface area (Å²) in [4.78, 5) is 37.5. The number of carboxylic acid groups (broad SMARTS) is 1. The Kier molecular flexibility index (Phi) is 9.54. The molecular formula is C27H22Cl2F2N2O7. The SMILES string of the molecule is O=C(O)C(Cc1ccc(OCc2c(F)cccc2F)cc1)NC(=O)C1OCOC1C(=O)Nc1c(Cl)cccc1Cl. The number of hydrogen-bond acceptors (Lipinski definition) is 6. The van der Waals surface area contributed by atoms with Crippen molar-refractivity contribution < 1.29 is 42.5 Å². The van der Waals surface area contributed by atoms with Gasteiger partial charge in [0.2, 0.25) is 0 Å². The van der Waals surface area contributed by atoms with Crippen molar-refractivity contribution in [2.45, 2.75) is 31.3 Å². The first kappa shape index (κ1) is 29.2. The van der Waals surface area contributed by atoms with Gasteiger partial charge in [-0.2, -0.15) is 0 Å². The summed E-state index contributed by atoms with van der Waals surface area (Å²) >= 11 is 12.1. The normalized spacial score (nSPS) is 17.2. The van der Waals surface area contributed by atoms with Gasteiger partial charge in [0, 0.05) is 6.42 Å². The molecule has 1 saturated heterocycles. The van der Waals surface area contributed by atoms with E-state index in [-0.39, 0.29) is 41.1 Å². The number of amides is 2. The Bertz CT molecular complexity index is 1370. The molecule has 4 rings (SSSR count). The fourth-order valence-corrected chi connectivity index (χ4v) is 4.33. The molecule has 40 heavy (non-hydrogen) atoms. The van der Waals surface area contributed by atoms with Gasteiger partial charge in [0.25, 0.3) is 11.8 Å². The van der Waals surface area contributed by atoms with Crippen molar-refractivity contribution in [3.05, 3.63) is 93.5 Å². The highest BCUT2D eigenvalue weighted by Crippen LogP contribution is 2.30. The zero-order valence-corrected chi connectivity index (χ0v) is 22.0. The summed E-state index contributed by atoms with van der Waals surface area (Å²) in [7, 11) is 0. The zero-order chi connectivity index (χ0) is 28.8. The van der Waals surface area contributed by atoms with Gasteiger partial charge in [-0.15, -0.1) is 0 Å². The number of para-hydroxylation sites is 1. The summed E-state index contributed by atoms with van der Waals surface area (Å²) in [6.45, 7) is -0.713. The van der Waals surface area contributed by atoms with Gasteiger partial charge < -0.3 is 30.0 Å². The van der Waals surface area contributed by atoms with Gasteiger partial charge in [0.15, 0.2) is 12.2 Å². The molecule has 3 aromatic carbocycles. The molecular weight excluding hydrogens is 573 g/mol. The molecule has 0 saturated carbocycles. The van der Waals surface area contributed by atoms with E-state index in [4.69, 9.17) is 37.4 Å². The zero-order valence-electron chi connectivity index (χ0n) is 20.5. The Morgan fingerprint density at radius 2 is 1.50 bits per heavy atom. The van der Waals surface area contributed by atoms with E-state index < -0.39 is 47.7 Å². The number of nitrogens with one attached hydrogen (secondary N) is 2. The van der Waals surface area contributed by atoms with Crippen LogP contribution in [-0.2, 0) is 36.9 Å². The maximum Gasteiger partial charge on any atom is 0.326 e. The van der Waals surface area contributed by atoms with Crippen LogP contribution in [0.1, 0.15) is 11.1 Å². The lowest BCUT2D eigenvalue weighted by atomic mass is 10.0. The number of ether oxygens (including phenoxy) is 3. The van der Waals surface area contributed by atoms with Gasteiger partial charge in [-0.3, -0.25) is 9.59 Å². The van der Waals surface area contributed by atoms with Crippen molar-refractivity contribution in [1.82, 2.24) is 5.32 Å². The second-order valence-electron chi connectivity index (χ2n) is 8.61. The van der Waals surface area contributed by atoms with Crippen molar-refractivity contribution in [2.75, 3.05) is 12.1 Å². The lowest BCUT2D eigenvalue weighted by Gasteiger charge is -2.20. The molecule has 9 nitrogen and oxygen atoms in total. The van der Waals surface area contributed by atoms with Crippen LogP contribution in [-0.4, -0.2) is 47.9 Å². The van der Waals surface area contributed by atoms with Gasteiger partial charge in [-0.25, -0.2) is 13.6 Å². The number of aliphatic carboxylic acids is 1. The number of anilines is 1. The van der Waals surface area contributed by atoms with Gasteiger partial charge >= 0.3 is 5.97 Å². The molecule has 1 heterocycles. The van der Waals surface area contributed by atoms with E-state index in [9.17, 15) is 28.3 Å². The molecule has 3 aromatic rings. The van der Waals surface area contributed by atoms with Crippen molar-refractivity contribution in [3.8, 4) is 5.75 Å². The second-order valence-corrected chi connectivity index (χ2v) is 9.43. The summed E-state index contributed by atoms with van der Waals surface area (Å²) in [5.74, 6) is -4.13. The molecule has 1 aliphatic rings. The van der Waals surface area contributed by atoms with E-state index in [1.165, 1.54) is 30.3 Å². The summed E-state index contributed by atoms with van der Waals surface area (Å²) in [5, 5.41) is 14.9. The Balaban J connectivity index is 1.36. The molecule has 3 N–H and O–H groups in total. The Morgan fingerprint density at radius 1 is 0.925 bits per heavy atom. The van der Waals surface area contributed by atoms with Crippen LogP contribution in [0.3, 0.4) is 0 Å². The summed E-state index contributed by atoms with van der Waals surface area (Å²) < 4.78 is 43.5. The van der Waals surface area contributed by atoms with Gasteiger partial charge in [0.05, 0.1) is 21.3 Å². The van der Waals surface area contributed by atoms with Gasteiger partial charge in [0.1, 0.15) is 36.8 Å². The summed E-state index contributed by atoms with van der Waals surface area (Å²) in [6, 6.07) is 12.8. The first-order valence-corrected chi connectivity index (χ1v) is 12.6. The number of benzene rings is 3. The first-order valence-electron chi connectivity index (χ1n) is 11.8. The van der Waals surface area contributed by atoms with E-state index in [2.05, 4.69) is 10.6 Å². The van der Waals surface area contributed by atoms with E-state index in [0.717, 1.165) is 12.1 Å². The molecule has 1 fully saturated rings. The Morgan fingerprint density at radius 3 is 2.10 bits per heavy atom. The molecule has 0 aliphatic carbocycles. The monoisotopic (exact) mass is 594 g/mol. The smallest absolute Gasteiger partial charge is 0.326 e. The third-order valence-electron chi connectivity index (χ3n) is 5.92. The third kappa shape index (κ3) is 7.05. The highest BCUT2D eigenvalue weighted by atomic mass is 35.5. The number of carbonyl (C=O) groups is 3. The fourth-order valence-electron chi connectivity index (χ4n) is 3.84. The van der Waals surface area contributed by atoms with Crippen LogP contribution in [0, 0.1) is 11.6 Å². The Hall–Kier alpha value is -3.77. The molecule has 2 amide bonds. The van der Waals surface area contributed by atoms with Crippen molar-refractivity contribution in [3.63, 3.8) is 0 Å². The average molecular weight is 595 g/mol. The van der Waals surface area contributed by atoms with Gasteiger partial charge in [-0.1, -0.05) is 47.5 Å². The number of carboxylic acids is 1. The third-order valence-corrected chi connectivity index (χ3v) is 6.55. The fraction of sp³-hybridized carbons (Fsp3) is 0.222. The molecule has 3 unspecified atom stereocenters. The topological polar surface area (TPSA) is 123 Å². The Labute approximate surface area is 236 Å². The molecule has 0 aromatic heterocycles. The minimum Gasteiger partial charge on any atom is -0.489 e. The van der Waals surface area contributed by atoms with Gasteiger partial charge in [-0.05, 0) is 42.0 Å². The lowest BCUT2D eigenvalue weighted by Crippen LogP contribution is -2.51. The van der Waals surface area contributed by atoms with Crippen LogP contribution in [0.4, 0.5) is 14.5 Å². The van der Waals surface area contributed by atoms with E-state index in [1.54, 1.807) is 18.2 Å².